The molecule has 5 nitrogen and oxygen atoms in total. The number of nitrogens with one attached hydrogen (secondary N) is 1. The molecule has 1 aliphatic heterocycles. The van der Waals surface area contributed by atoms with Gasteiger partial charge in [-0.2, -0.15) is 0 Å². The van der Waals surface area contributed by atoms with E-state index in [4.69, 9.17) is 14.2 Å². The summed E-state index contributed by atoms with van der Waals surface area (Å²) in [6.07, 6.45) is 5.34. The van der Waals surface area contributed by atoms with Crippen molar-refractivity contribution >= 4 is 0 Å². The van der Waals surface area contributed by atoms with Crippen molar-refractivity contribution in [3.63, 3.8) is 0 Å². The Morgan fingerprint density at radius 2 is 1.43 bits per heavy atom. The fraction of sp³-hybridized carbons (Fsp3) is 0.478. The Morgan fingerprint density at radius 1 is 0.821 bits per heavy atom. The number of nitrogens with zero attached hydrogens (tertiary/aromatic N) is 1. The largest absolute Gasteiger partial charge is 0.496 e. The Balaban J connectivity index is 1.28. The number of hydrogen-bond donors (Lipinski definition) is 1. The predicted molar refractivity (Wildman–Crippen MR) is 111 cm³/mol. The molecule has 2 aromatic rings. The average Bonchev–Trinajstić information content (AvgIpc) is 3.59. The lowest BCUT2D eigenvalue weighted by Crippen LogP contribution is -2.43. The van der Waals surface area contributed by atoms with Crippen LogP contribution in [0.1, 0.15) is 31.2 Å². The van der Waals surface area contributed by atoms with Crippen molar-refractivity contribution < 1.29 is 14.2 Å². The molecule has 28 heavy (non-hydrogen) atoms. The van der Waals surface area contributed by atoms with Gasteiger partial charge in [0, 0.05) is 36.8 Å². The molecule has 0 spiro atoms. The minimum Gasteiger partial charge on any atom is -0.496 e. The van der Waals surface area contributed by atoms with Gasteiger partial charge in [-0.3, -0.25) is 0 Å². The van der Waals surface area contributed by atoms with E-state index in [1.54, 1.807) is 14.2 Å². The molecule has 150 valence electrons. The summed E-state index contributed by atoms with van der Waals surface area (Å²) >= 11 is 0. The molecule has 0 atom stereocenters. The van der Waals surface area contributed by atoms with E-state index in [0.717, 1.165) is 18.3 Å². The fourth-order valence-corrected chi connectivity index (χ4v) is 3.82. The maximum Gasteiger partial charge on any atom is 0.134 e. The molecule has 2 aromatic carbocycles. The number of rotatable bonds is 8. The first-order chi connectivity index (χ1) is 13.7. The Morgan fingerprint density at radius 3 is 2.00 bits per heavy atom. The van der Waals surface area contributed by atoms with Gasteiger partial charge >= 0.3 is 0 Å². The molecule has 0 unspecified atom stereocenters. The molecule has 2 aliphatic rings. The monoisotopic (exact) mass is 382 g/mol. The lowest BCUT2D eigenvalue weighted by Gasteiger charge is -2.32. The number of likely N-dealkylation sites (tertiary alicyclic amines) is 1. The van der Waals surface area contributed by atoms with Crippen molar-refractivity contribution in [1.29, 1.82) is 0 Å². The molecule has 5 heteroatoms. The third-order valence-electron chi connectivity index (χ3n) is 5.67. The van der Waals surface area contributed by atoms with Gasteiger partial charge in [-0.05, 0) is 56.5 Å². The molecule has 1 saturated carbocycles. The van der Waals surface area contributed by atoms with Crippen LogP contribution in [-0.4, -0.2) is 44.3 Å². The molecule has 2 fully saturated rings. The lowest BCUT2D eigenvalue weighted by atomic mass is 10.0. The molecule has 1 N–H and O–H groups in total. The highest BCUT2D eigenvalue weighted by Gasteiger charge is 2.31. The van der Waals surface area contributed by atoms with E-state index in [9.17, 15) is 0 Å². The van der Waals surface area contributed by atoms with Gasteiger partial charge in [0.2, 0.25) is 0 Å². The van der Waals surface area contributed by atoms with Crippen LogP contribution in [0.2, 0.25) is 0 Å². The smallest absolute Gasteiger partial charge is 0.134 e. The molecule has 1 aliphatic carbocycles. The first-order valence-corrected chi connectivity index (χ1v) is 10.2. The maximum atomic E-state index is 5.97. The van der Waals surface area contributed by atoms with Crippen LogP contribution < -0.4 is 19.5 Å². The van der Waals surface area contributed by atoms with Gasteiger partial charge < -0.3 is 24.4 Å². The number of piperidine rings is 1. The van der Waals surface area contributed by atoms with Gasteiger partial charge in [0.25, 0.3) is 0 Å². The Kier molecular flexibility index (Phi) is 6.03. The minimum atomic E-state index is 0.634. The Bertz CT molecular complexity index is 744. The summed E-state index contributed by atoms with van der Waals surface area (Å²) in [5.74, 6) is 2.92. The van der Waals surface area contributed by atoms with E-state index in [2.05, 4.69) is 22.3 Å². The number of benzene rings is 2. The molecule has 0 bridgehead atoms. The zero-order valence-electron chi connectivity index (χ0n) is 16.8. The van der Waals surface area contributed by atoms with E-state index >= 15 is 0 Å². The van der Waals surface area contributed by atoms with Gasteiger partial charge in [0.15, 0.2) is 0 Å². The summed E-state index contributed by atoms with van der Waals surface area (Å²) in [5.41, 5.74) is 1.28. The highest BCUT2D eigenvalue weighted by molar-refractivity contribution is 5.44. The van der Waals surface area contributed by atoms with Gasteiger partial charge in [-0.25, -0.2) is 0 Å². The highest BCUT2D eigenvalue weighted by atomic mass is 16.5. The van der Waals surface area contributed by atoms with E-state index in [-0.39, 0.29) is 0 Å². The third-order valence-corrected chi connectivity index (χ3v) is 5.67. The van der Waals surface area contributed by atoms with Crippen molar-refractivity contribution in [1.82, 2.24) is 10.2 Å². The zero-order valence-corrected chi connectivity index (χ0v) is 16.8. The van der Waals surface area contributed by atoms with Gasteiger partial charge in [-0.1, -0.05) is 12.1 Å². The van der Waals surface area contributed by atoms with Crippen LogP contribution in [0, 0.1) is 0 Å². The second-order valence-electron chi connectivity index (χ2n) is 7.72. The van der Waals surface area contributed by atoms with E-state index in [1.807, 2.05) is 30.3 Å². The van der Waals surface area contributed by atoms with Gasteiger partial charge in [-0.15, -0.1) is 0 Å². The molecule has 1 saturated heterocycles. The zero-order chi connectivity index (χ0) is 19.3. The second kappa shape index (κ2) is 8.84. The number of methoxy groups -OCH3 is 2. The molecule has 1 heterocycles. The van der Waals surface area contributed by atoms with Crippen molar-refractivity contribution in [2.45, 2.75) is 44.3 Å². The van der Waals surface area contributed by atoms with Crippen LogP contribution in [0.4, 0.5) is 0 Å². The maximum absolute atomic E-state index is 5.97. The van der Waals surface area contributed by atoms with E-state index in [1.165, 1.54) is 44.3 Å². The standard InChI is InChI=1S/C23H30N2O3/c1-26-21-13-22(27-2)15-23(14-21)28-20-7-3-17(4-8-20)16-24-18-9-11-25(12-10-18)19-5-6-19/h3-4,7-8,13-15,18-19,24H,5-6,9-12,16H2,1-2H3. The molecule has 0 aromatic heterocycles. The van der Waals surface area contributed by atoms with Crippen LogP contribution in [0.3, 0.4) is 0 Å². The van der Waals surface area contributed by atoms with Crippen LogP contribution in [-0.2, 0) is 6.54 Å². The van der Waals surface area contributed by atoms with E-state index in [0.29, 0.717) is 23.3 Å². The van der Waals surface area contributed by atoms with E-state index < -0.39 is 0 Å². The summed E-state index contributed by atoms with van der Waals surface area (Å²) in [6.45, 7) is 3.40. The highest BCUT2D eigenvalue weighted by Crippen LogP contribution is 2.31. The molecule has 0 amide bonds. The first-order valence-electron chi connectivity index (χ1n) is 10.2. The van der Waals surface area contributed by atoms with Crippen molar-refractivity contribution in [3.05, 3.63) is 48.0 Å². The molecular formula is C23H30N2O3. The van der Waals surface area contributed by atoms with Crippen molar-refractivity contribution in [3.8, 4) is 23.0 Å². The average molecular weight is 383 g/mol. The molecule has 0 radical (unpaired) electrons. The van der Waals surface area contributed by atoms with Crippen molar-refractivity contribution in [2.75, 3.05) is 27.3 Å². The summed E-state index contributed by atoms with van der Waals surface area (Å²) in [5, 5.41) is 3.72. The molecule has 4 rings (SSSR count). The van der Waals surface area contributed by atoms with Crippen LogP contribution in [0.25, 0.3) is 0 Å². The summed E-state index contributed by atoms with van der Waals surface area (Å²) < 4.78 is 16.6. The quantitative estimate of drug-likeness (QED) is 0.741. The number of hydrogen-bond acceptors (Lipinski definition) is 5. The van der Waals surface area contributed by atoms with Crippen LogP contribution in [0.5, 0.6) is 23.0 Å². The minimum absolute atomic E-state index is 0.634. The Hall–Kier alpha value is -2.24. The van der Waals surface area contributed by atoms with Gasteiger partial charge in [0.05, 0.1) is 14.2 Å². The second-order valence-corrected chi connectivity index (χ2v) is 7.72. The summed E-state index contributed by atoms with van der Waals surface area (Å²) in [4.78, 5) is 2.66. The first kappa shape index (κ1) is 19.1. The third kappa shape index (κ3) is 4.97. The van der Waals surface area contributed by atoms with Crippen LogP contribution in [0.15, 0.2) is 42.5 Å². The van der Waals surface area contributed by atoms with Crippen LogP contribution >= 0.6 is 0 Å². The topological polar surface area (TPSA) is 43.0 Å². The predicted octanol–water partition coefficient (Wildman–Crippen LogP) is 4.21. The summed E-state index contributed by atoms with van der Waals surface area (Å²) in [7, 11) is 3.27. The molecular weight excluding hydrogens is 352 g/mol. The lowest BCUT2D eigenvalue weighted by molar-refractivity contribution is 0.189. The summed E-state index contributed by atoms with van der Waals surface area (Å²) in [6, 6.07) is 15.3. The Labute approximate surface area is 167 Å². The fourth-order valence-electron chi connectivity index (χ4n) is 3.82. The van der Waals surface area contributed by atoms with Crippen molar-refractivity contribution in [2.24, 2.45) is 0 Å². The SMILES string of the molecule is COc1cc(OC)cc(Oc2ccc(CNC3CCN(C4CC4)CC3)cc2)c1. The van der Waals surface area contributed by atoms with Gasteiger partial charge in [0.1, 0.15) is 23.0 Å². The normalized spacial score (nSPS) is 18.1. The number of ether oxygens (including phenoxy) is 3.